The van der Waals surface area contributed by atoms with Crippen molar-refractivity contribution in [3.63, 3.8) is 0 Å². The summed E-state index contributed by atoms with van der Waals surface area (Å²) in [6, 6.07) is 7.64. The topological polar surface area (TPSA) is 78.9 Å². The Kier molecular flexibility index (Phi) is 6.46. The molecule has 1 saturated heterocycles. The number of nitrogens with one attached hydrogen (secondary N) is 1. The number of nitrogens with zero attached hydrogens (tertiary/aromatic N) is 1. The zero-order valence-electron chi connectivity index (χ0n) is 14.3. The van der Waals surface area contributed by atoms with Gasteiger partial charge in [0.05, 0.1) is 13.2 Å². The second-order valence-corrected chi connectivity index (χ2v) is 6.32. The molecule has 1 aromatic carbocycles. The lowest BCUT2D eigenvalue weighted by Gasteiger charge is -2.39. The van der Waals surface area contributed by atoms with Gasteiger partial charge in [0.1, 0.15) is 5.75 Å². The second-order valence-electron chi connectivity index (χ2n) is 6.32. The Morgan fingerprint density at radius 2 is 2.08 bits per heavy atom. The van der Waals surface area contributed by atoms with E-state index < -0.39 is 5.97 Å². The van der Waals surface area contributed by atoms with Crippen LogP contribution in [0.5, 0.6) is 5.75 Å². The summed E-state index contributed by atoms with van der Waals surface area (Å²) in [6.07, 6.45) is 2.45. The van der Waals surface area contributed by atoms with E-state index in [0.29, 0.717) is 25.4 Å². The first-order valence-electron chi connectivity index (χ1n) is 8.42. The van der Waals surface area contributed by atoms with Crippen LogP contribution in [0.4, 0.5) is 4.79 Å². The van der Waals surface area contributed by atoms with Crippen LogP contribution in [-0.4, -0.2) is 42.2 Å². The first kappa shape index (κ1) is 18.1. The van der Waals surface area contributed by atoms with Crippen molar-refractivity contribution in [3.8, 4) is 5.75 Å². The fourth-order valence-corrected chi connectivity index (χ4v) is 3.18. The van der Waals surface area contributed by atoms with Crippen LogP contribution in [0.2, 0.25) is 0 Å². The number of aliphatic carboxylic acids is 1. The fraction of sp³-hybridized carbons (Fsp3) is 0.556. The summed E-state index contributed by atoms with van der Waals surface area (Å²) < 4.78 is 5.45. The number of urea groups is 1. The smallest absolute Gasteiger partial charge is 0.317 e. The summed E-state index contributed by atoms with van der Waals surface area (Å²) in [4.78, 5) is 25.0. The Bertz CT molecular complexity index is 576. The Hall–Kier alpha value is -2.24. The largest absolute Gasteiger partial charge is 0.496 e. The Balaban J connectivity index is 2.08. The van der Waals surface area contributed by atoms with Gasteiger partial charge in [0.15, 0.2) is 0 Å². The van der Waals surface area contributed by atoms with Crippen molar-refractivity contribution in [3.05, 3.63) is 29.8 Å². The quantitative estimate of drug-likeness (QED) is 0.784. The van der Waals surface area contributed by atoms with E-state index in [0.717, 1.165) is 24.2 Å². The summed E-state index contributed by atoms with van der Waals surface area (Å²) >= 11 is 0. The fourth-order valence-electron chi connectivity index (χ4n) is 3.18. The maximum atomic E-state index is 12.6. The molecule has 1 heterocycles. The lowest BCUT2D eigenvalue weighted by atomic mass is 9.90. The van der Waals surface area contributed by atoms with Gasteiger partial charge in [-0.25, -0.2) is 4.79 Å². The van der Waals surface area contributed by atoms with E-state index in [9.17, 15) is 9.59 Å². The van der Waals surface area contributed by atoms with Gasteiger partial charge in [-0.2, -0.15) is 0 Å². The normalized spacial score (nSPS) is 20.5. The summed E-state index contributed by atoms with van der Waals surface area (Å²) in [7, 11) is 1.64. The molecule has 0 aliphatic carbocycles. The Morgan fingerprint density at radius 3 is 2.79 bits per heavy atom. The second kappa shape index (κ2) is 8.57. The van der Waals surface area contributed by atoms with Crippen LogP contribution in [0.3, 0.4) is 0 Å². The number of benzene rings is 1. The highest BCUT2D eigenvalue weighted by atomic mass is 16.5. The number of carbonyl (C=O) groups excluding carboxylic acids is 1. The van der Waals surface area contributed by atoms with Crippen LogP contribution < -0.4 is 10.1 Å². The predicted molar refractivity (Wildman–Crippen MR) is 91.1 cm³/mol. The molecule has 0 spiro atoms. The maximum absolute atomic E-state index is 12.6. The van der Waals surface area contributed by atoms with Crippen molar-refractivity contribution in [2.24, 2.45) is 5.92 Å². The van der Waals surface area contributed by atoms with Crippen LogP contribution in [-0.2, 0) is 4.79 Å². The molecule has 2 atom stereocenters. The van der Waals surface area contributed by atoms with Gasteiger partial charge in [-0.1, -0.05) is 25.1 Å². The molecule has 2 amide bonds. The molecule has 1 fully saturated rings. The molecule has 0 radical (unpaired) electrons. The summed E-state index contributed by atoms with van der Waals surface area (Å²) in [6.45, 7) is 3.20. The van der Waals surface area contributed by atoms with Crippen LogP contribution in [0.25, 0.3) is 0 Å². The third-order valence-corrected chi connectivity index (χ3v) is 4.42. The SMILES string of the molecule is COc1ccccc1C1CCC(C)CN1C(=O)NCCCC(=O)O. The zero-order chi connectivity index (χ0) is 17.5. The zero-order valence-corrected chi connectivity index (χ0v) is 14.3. The minimum absolute atomic E-state index is 0.0168. The Morgan fingerprint density at radius 1 is 1.33 bits per heavy atom. The van der Waals surface area contributed by atoms with Gasteiger partial charge < -0.3 is 20.1 Å². The number of likely N-dealkylation sites (tertiary alicyclic amines) is 1. The van der Waals surface area contributed by atoms with Crippen LogP contribution in [0.15, 0.2) is 24.3 Å². The third-order valence-electron chi connectivity index (χ3n) is 4.42. The van der Waals surface area contributed by atoms with Crippen molar-refractivity contribution in [1.29, 1.82) is 0 Å². The van der Waals surface area contributed by atoms with Gasteiger partial charge >= 0.3 is 12.0 Å². The number of amides is 2. The number of piperidine rings is 1. The highest BCUT2D eigenvalue weighted by Gasteiger charge is 2.32. The number of hydrogen-bond acceptors (Lipinski definition) is 3. The highest BCUT2D eigenvalue weighted by molar-refractivity contribution is 5.75. The first-order chi connectivity index (χ1) is 11.5. The molecular weight excluding hydrogens is 308 g/mol. The predicted octanol–water partition coefficient (Wildman–Crippen LogP) is 3.04. The lowest BCUT2D eigenvalue weighted by molar-refractivity contribution is -0.137. The minimum Gasteiger partial charge on any atom is -0.496 e. The number of para-hydroxylation sites is 1. The van der Waals surface area contributed by atoms with Crippen molar-refractivity contribution < 1.29 is 19.4 Å². The highest BCUT2D eigenvalue weighted by Crippen LogP contribution is 2.37. The average Bonchev–Trinajstić information content (AvgIpc) is 2.58. The molecule has 1 aromatic rings. The summed E-state index contributed by atoms with van der Waals surface area (Å²) in [5.41, 5.74) is 1.02. The molecule has 6 heteroatoms. The molecule has 2 unspecified atom stereocenters. The number of carboxylic acids is 1. The van der Waals surface area contributed by atoms with Crippen molar-refractivity contribution in [1.82, 2.24) is 10.2 Å². The van der Waals surface area contributed by atoms with Gasteiger partial charge in [-0.15, -0.1) is 0 Å². The standard InChI is InChI=1S/C18H26N2O4/c1-13-9-10-15(14-6-3-4-7-16(14)24-2)20(12-13)18(23)19-11-5-8-17(21)22/h3-4,6-7,13,15H,5,8-12H2,1-2H3,(H,19,23)(H,21,22). The number of hydrogen-bond donors (Lipinski definition) is 2. The van der Waals surface area contributed by atoms with Gasteiger partial charge in [0.2, 0.25) is 0 Å². The van der Waals surface area contributed by atoms with E-state index in [1.54, 1.807) is 7.11 Å². The first-order valence-corrected chi connectivity index (χ1v) is 8.42. The lowest BCUT2D eigenvalue weighted by Crippen LogP contribution is -2.47. The molecule has 0 saturated carbocycles. The van der Waals surface area contributed by atoms with Gasteiger partial charge in [0, 0.05) is 25.1 Å². The molecule has 24 heavy (non-hydrogen) atoms. The minimum atomic E-state index is -0.845. The third kappa shape index (κ3) is 4.63. The molecular formula is C18H26N2O4. The molecule has 2 N–H and O–H groups in total. The van der Waals surface area contributed by atoms with E-state index >= 15 is 0 Å². The monoisotopic (exact) mass is 334 g/mol. The summed E-state index contributed by atoms with van der Waals surface area (Å²) in [5.74, 6) is 0.393. The maximum Gasteiger partial charge on any atom is 0.317 e. The molecule has 1 aliphatic heterocycles. The number of methoxy groups -OCH3 is 1. The molecule has 0 aromatic heterocycles. The molecule has 132 valence electrons. The van der Waals surface area contributed by atoms with E-state index in [4.69, 9.17) is 9.84 Å². The van der Waals surface area contributed by atoms with Crippen LogP contribution >= 0.6 is 0 Å². The van der Waals surface area contributed by atoms with Crippen molar-refractivity contribution >= 4 is 12.0 Å². The molecule has 0 bridgehead atoms. The van der Waals surface area contributed by atoms with E-state index in [2.05, 4.69) is 12.2 Å². The van der Waals surface area contributed by atoms with E-state index in [1.165, 1.54) is 0 Å². The summed E-state index contributed by atoms with van der Waals surface area (Å²) in [5, 5.41) is 11.5. The molecule has 2 rings (SSSR count). The van der Waals surface area contributed by atoms with Crippen LogP contribution in [0.1, 0.15) is 44.2 Å². The van der Waals surface area contributed by atoms with Gasteiger partial charge in [-0.3, -0.25) is 4.79 Å². The van der Waals surface area contributed by atoms with Crippen molar-refractivity contribution in [2.75, 3.05) is 20.2 Å². The molecule has 1 aliphatic rings. The number of carbonyl (C=O) groups is 2. The van der Waals surface area contributed by atoms with Crippen molar-refractivity contribution in [2.45, 2.75) is 38.6 Å². The van der Waals surface area contributed by atoms with Crippen LogP contribution in [0, 0.1) is 5.92 Å². The van der Waals surface area contributed by atoms with Gasteiger partial charge in [0.25, 0.3) is 0 Å². The molecule has 6 nitrogen and oxygen atoms in total. The number of carboxylic acid groups (broad SMARTS) is 1. The number of ether oxygens (including phenoxy) is 1. The average molecular weight is 334 g/mol. The van der Waals surface area contributed by atoms with E-state index in [-0.39, 0.29) is 18.5 Å². The number of rotatable bonds is 6. The van der Waals surface area contributed by atoms with E-state index in [1.807, 2.05) is 29.2 Å². The Labute approximate surface area is 142 Å². The van der Waals surface area contributed by atoms with Gasteiger partial charge in [-0.05, 0) is 31.2 Å².